The van der Waals surface area contributed by atoms with Gasteiger partial charge in [-0.2, -0.15) is 0 Å². The molecule has 1 fully saturated rings. The number of carbonyl (C=O) groups excluding carboxylic acids is 2. The highest BCUT2D eigenvalue weighted by Crippen LogP contribution is 2.38. The Morgan fingerprint density at radius 2 is 1.98 bits per heavy atom. The fraction of sp³-hybridized carbons (Fsp3) is 0.333. The normalized spacial score (nSPS) is 20.3. The number of ether oxygens (including phenoxy) is 2. The van der Waals surface area contributed by atoms with E-state index >= 15 is 4.39 Å². The molecule has 0 spiro atoms. The summed E-state index contributed by atoms with van der Waals surface area (Å²) in [5, 5.41) is 14.4. The molecular formula is C30H33FN6O4. The van der Waals surface area contributed by atoms with E-state index in [0.717, 1.165) is 22.6 Å². The number of rotatable bonds is 11. The van der Waals surface area contributed by atoms with Crippen molar-refractivity contribution in [3.05, 3.63) is 95.6 Å². The van der Waals surface area contributed by atoms with E-state index in [-0.39, 0.29) is 37.8 Å². The molecule has 214 valence electrons. The van der Waals surface area contributed by atoms with Crippen LogP contribution in [0.1, 0.15) is 30.2 Å². The molecule has 2 aromatic carbocycles. The van der Waals surface area contributed by atoms with E-state index in [0.29, 0.717) is 18.7 Å². The van der Waals surface area contributed by atoms with Crippen LogP contribution < -0.4 is 15.4 Å². The molecule has 1 aromatic heterocycles. The molecule has 0 bridgehead atoms. The summed E-state index contributed by atoms with van der Waals surface area (Å²) in [4.78, 5) is 26.0. The second-order valence-corrected chi connectivity index (χ2v) is 10.2. The maximum atomic E-state index is 15.8. The minimum Gasteiger partial charge on any atom is -0.497 e. The third-order valence-electron chi connectivity index (χ3n) is 7.32. The van der Waals surface area contributed by atoms with E-state index in [1.165, 1.54) is 6.92 Å². The van der Waals surface area contributed by atoms with E-state index < -0.39 is 17.7 Å². The van der Waals surface area contributed by atoms with E-state index in [2.05, 4.69) is 20.9 Å². The molecule has 41 heavy (non-hydrogen) atoms. The van der Waals surface area contributed by atoms with Crippen LogP contribution in [-0.2, 0) is 22.6 Å². The van der Waals surface area contributed by atoms with Gasteiger partial charge in [-0.05, 0) is 23.3 Å². The number of cyclic esters (lactones) is 1. The van der Waals surface area contributed by atoms with Crippen LogP contribution in [0.3, 0.4) is 0 Å². The lowest BCUT2D eigenvalue weighted by molar-refractivity contribution is -0.119. The highest BCUT2D eigenvalue weighted by Gasteiger charge is 2.46. The van der Waals surface area contributed by atoms with Gasteiger partial charge in [-0.15, -0.1) is 5.10 Å². The van der Waals surface area contributed by atoms with E-state index in [1.54, 1.807) is 29.0 Å². The smallest absolute Gasteiger partial charge is 0.411 e. The Balaban J connectivity index is 1.32. The molecule has 2 N–H and O–H groups in total. The average molecular weight is 561 g/mol. The fourth-order valence-electron chi connectivity index (χ4n) is 5.13. The Labute approximate surface area is 237 Å². The van der Waals surface area contributed by atoms with Crippen LogP contribution in [-0.4, -0.2) is 70.3 Å². The molecule has 2 unspecified atom stereocenters. The molecule has 11 heteroatoms. The van der Waals surface area contributed by atoms with Crippen LogP contribution >= 0.6 is 0 Å². The predicted molar refractivity (Wildman–Crippen MR) is 150 cm³/mol. The van der Waals surface area contributed by atoms with Gasteiger partial charge in [0, 0.05) is 32.0 Å². The number of hydrogen-bond acceptors (Lipinski definition) is 7. The number of nitrogens with one attached hydrogen (secondary N) is 2. The molecule has 2 atom stereocenters. The van der Waals surface area contributed by atoms with Gasteiger partial charge in [0.15, 0.2) is 0 Å². The number of nitrogens with zero attached hydrogens (tertiary/aromatic N) is 4. The van der Waals surface area contributed by atoms with Gasteiger partial charge in [0.2, 0.25) is 5.91 Å². The summed E-state index contributed by atoms with van der Waals surface area (Å²) in [6, 6.07) is 17.0. The third-order valence-corrected chi connectivity index (χ3v) is 7.32. The van der Waals surface area contributed by atoms with Crippen LogP contribution in [0, 0.1) is 0 Å². The van der Waals surface area contributed by atoms with Gasteiger partial charge >= 0.3 is 6.09 Å². The second-order valence-electron chi connectivity index (χ2n) is 10.2. The van der Waals surface area contributed by atoms with Gasteiger partial charge in [-0.25, -0.2) is 13.9 Å². The zero-order valence-corrected chi connectivity index (χ0v) is 23.0. The topological polar surface area (TPSA) is 111 Å². The lowest BCUT2D eigenvalue weighted by Crippen LogP contribution is -2.55. The predicted octanol–water partition coefficient (Wildman–Crippen LogP) is 3.46. The van der Waals surface area contributed by atoms with Gasteiger partial charge in [-0.3, -0.25) is 9.69 Å². The minimum atomic E-state index is -1.02. The molecular weight excluding hydrogens is 527 g/mol. The molecule has 2 amide bonds. The highest BCUT2D eigenvalue weighted by molar-refractivity contribution is 5.79. The summed E-state index contributed by atoms with van der Waals surface area (Å²) in [6.45, 7) is 2.99. The van der Waals surface area contributed by atoms with Crippen LogP contribution in [0.4, 0.5) is 9.18 Å². The molecule has 1 aliphatic heterocycles. The molecule has 2 heterocycles. The zero-order chi connectivity index (χ0) is 28.8. The van der Waals surface area contributed by atoms with Gasteiger partial charge in [-0.1, -0.05) is 59.8 Å². The molecule has 2 aliphatic rings. The molecule has 5 rings (SSSR count). The number of amides is 2. The Bertz CT molecular complexity index is 1440. The first-order valence-corrected chi connectivity index (χ1v) is 13.4. The summed E-state index contributed by atoms with van der Waals surface area (Å²) in [7, 11) is 1.62. The lowest BCUT2D eigenvalue weighted by atomic mass is 9.84. The van der Waals surface area contributed by atoms with Crippen LogP contribution in [0.5, 0.6) is 5.75 Å². The van der Waals surface area contributed by atoms with E-state index in [9.17, 15) is 9.59 Å². The Hall–Kier alpha value is -4.51. The first kappa shape index (κ1) is 28.0. The molecule has 0 radical (unpaired) electrons. The van der Waals surface area contributed by atoms with Crippen LogP contribution in [0.15, 0.2) is 78.8 Å². The minimum absolute atomic E-state index is 0.0218. The number of halogens is 1. The SMILES string of the molecule is COc1ccc(Cn2nncc2CNCC2(N3CC(CNC(C)=O)OC3=O)C=CC(c3ccccc3)=C(F)C2)cc1. The maximum Gasteiger partial charge on any atom is 0.411 e. The Morgan fingerprint density at radius 3 is 2.68 bits per heavy atom. The van der Waals surface area contributed by atoms with Crippen LogP contribution in [0.2, 0.25) is 0 Å². The van der Waals surface area contributed by atoms with Gasteiger partial charge in [0.25, 0.3) is 0 Å². The Kier molecular flexibility index (Phi) is 8.44. The van der Waals surface area contributed by atoms with Crippen molar-refractivity contribution in [3.63, 3.8) is 0 Å². The molecule has 3 aromatic rings. The summed E-state index contributed by atoms with van der Waals surface area (Å²) < 4.78 is 28.3. The van der Waals surface area contributed by atoms with Crippen molar-refractivity contribution in [2.24, 2.45) is 0 Å². The molecule has 1 aliphatic carbocycles. The van der Waals surface area contributed by atoms with Crippen LogP contribution in [0.25, 0.3) is 5.57 Å². The van der Waals surface area contributed by atoms with Crippen molar-refractivity contribution >= 4 is 17.6 Å². The third kappa shape index (κ3) is 6.46. The number of allylic oxidation sites excluding steroid dienone is 2. The fourth-order valence-corrected chi connectivity index (χ4v) is 5.13. The van der Waals surface area contributed by atoms with Gasteiger partial charge in [0.1, 0.15) is 17.7 Å². The van der Waals surface area contributed by atoms with Crippen molar-refractivity contribution in [1.29, 1.82) is 0 Å². The van der Waals surface area contributed by atoms with Crippen molar-refractivity contribution in [3.8, 4) is 5.75 Å². The van der Waals surface area contributed by atoms with Crippen molar-refractivity contribution in [2.75, 3.05) is 26.7 Å². The maximum absolute atomic E-state index is 15.8. The standard InChI is InChI=1S/C30H33FN6O4/c1-21(38)33-17-26-19-36(29(39)41-26)30(13-12-27(28(31)14-30)23-6-4-3-5-7-23)20-32-15-24-16-34-35-37(24)18-22-8-10-25(40-2)11-9-22/h3-13,16,26,32H,14-15,17-20H2,1-2H3,(H,33,38). The lowest BCUT2D eigenvalue weighted by Gasteiger charge is -2.40. The second kappa shape index (κ2) is 12.3. The van der Waals surface area contributed by atoms with Gasteiger partial charge < -0.3 is 20.1 Å². The average Bonchev–Trinajstić information content (AvgIpc) is 3.58. The summed E-state index contributed by atoms with van der Waals surface area (Å²) in [6.07, 6.45) is 4.19. The first-order chi connectivity index (χ1) is 19.9. The molecule has 1 saturated heterocycles. The van der Waals surface area contributed by atoms with E-state index in [4.69, 9.17) is 9.47 Å². The van der Waals surface area contributed by atoms with Crippen molar-refractivity contribution in [2.45, 2.75) is 38.1 Å². The number of carbonyl (C=O) groups is 2. The number of benzene rings is 2. The quantitative estimate of drug-likeness (QED) is 0.370. The summed E-state index contributed by atoms with van der Waals surface area (Å²) in [5.74, 6) is 0.246. The molecule has 10 nitrogen and oxygen atoms in total. The first-order valence-electron chi connectivity index (χ1n) is 13.4. The zero-order valence-electron chi connectivity index (χ0n) is 23.0. The summed E-state index contributed by atoms with van der Waals surface area (Å²) >= 11 is 0. The monoisotopic (exact) mass is 560 g/mol. The molecule has 0 saturated carbocycles. The number of hydrogen-bond donors (Lipinski definition) is 2. The highest BCUT2D eigenvalue weighted by atomic mass is 19.1. The summed E-state index contributed by atoms with van der Waals surface area (Å²) in [5.41, 5.74) is 2.12. The Morgan fingerprint density at radius 1 is 1.20 bits per heavy atom. The number of aromatic nitrogens is 3. The number of methoxy groups -OCH3 is 1. The van der Waals surface area contributed by atoms with Gasteiger partial charge in [0.05, 0.1) is 44.2 Å². The van der Waals surface area contributed by atoms with Crippen molar-refractivity contribution in [1.82, 2.24) is 30.5 Å². The van der Waals surface area contributed by atoms with E-state index in [1.807, 2.05) is 60.7 Å². The largest absolute Gasteiger partial charge is 0.497 e. The van der Waals surface area contributed by atoms with Crippen molar-refractivity contribution < 1.29 is 23.5 Å².